The Morgan fingerprint density at radius 1 is 1.19 bits per heavy atom. The molecule has 0 spiro atoms. The monoisotopic (exact) mass is 210 g/mol. The highest BCUT2D eigenvalue weighted by atomic mass is 16.5. The molecular formula is C14H15BO. The van der Waals surface area contributed by atoms with Gasteiger partial charge < -0.3 is 4.74 Å². The number of ether oxygens (including phenoxy) is 1. The fourth-order valence-electron chi connectivity index (χ4n) is 2.57. The molecule has 1 aliphatic carbocycles. The Kier molecular flexibility index (Phi) is 2.06. The highest BCUT2D eigenvalue weighted by Gasteiger charge is 2.37. The van der Waals surface area contributed by atoms with Gasteiger partial charge in [-0.25, -0.2) is 0 Å². The van der Waals surface area contributed by atoms with E-state index < -0.39 is 0 Å². The molecule has 0 aromatic heterocycles. The maximum atomic E-state index is 6.23. The van der Waals surface area contributed by atoms with Crippen LogP contribution in [0.4, 0.5) is 0 Å². The van der Waals surface area contributed by atoms with E-state index in [1.165, 1.54) is 11.1 Å². The molecule has 1 fully saturated rings. The summed E-state index contributed by atoms with van der Waals surface area (Å²) in [6.45, 7) is 4.21. The van der Waals surface area contributed by atoms with E-state index in [1.807, 2.05) is 6.92 Å². The van der Waals surface area contributed by atoms with Crippen LogP contribution in [-0.2, 0) is 4.74 Å². The number of hydrogen-bond acceptors (Lipinski definition) is 1. The first-order valence-corrected chi connectivity index (χ1v) is 5.82. The lowest BCUT2D eigenvalue weighted by Gasteiger charge is -2.23. The van der Waals surface area contributed by atoms with Gasteiger partial charge in [0.1, 0.15) is 12.2 Å². The fourth-order valence-corrected chi connectivity index (χ4v) is 2.57. The molecule has 2 heteroatoms. The lowest BCUT2D eigenvalue weighted by Crippen LogP contribution is -2.12. The molecule has 0 aromatic rings. The molecule has 4 unspecified atom stereocenters. The van der Waals surface area contributed by atoms with Crippen LogP contribution in [0.25, 0.3) is 0 Å². The maximum Gasteiger partial charge on any atom is 0.102 e. The molecule has 0 N–H and O–H groups in total. The predicted octanol–water partition coefficient (Wildman–Crippen LogP) is 2.73. The standard InChI is InChI=1S/C14H15BO/c1-9-5-6-14(2,15)8-11-10(7-9)12-3-4-13(11)16-12/h3-9,12-13H,1-2H3/b6-5-,10-7?,11-8?. The minimum Gasteiger partial charge on any atom is -0.357 e. The molecule has 0 aromatic carbocycles. The van der Waals surface area contributed by atoms with Gasteiger partial charge in [-0.3, -0.25) is 0 Å². The van der Waals surface area contributed by atoms with Crippen molar-refractivity contribution in [3.8, 4) is 0 Å². The molecule has 2 heterocycles. The van der Waals surface area contributed by atoms with Gasteiger partial charge in [-0.05, 0) is 22.4 Å². The smallest absolute Gasteiger partial charge is 0.102 e. The van der Waals surface area contributed by atoms with E-state index in [2.05, 4.69) is 43.4 Å². The van der Waals surface area contributed by atoms with Gasteiger partial charge in [-0.15, -0.1) is 0 Å². The molecule has 3 aliphatic rings. The van der Waals surface area contributed by atoms with Crippen molar-refractivity contribution in [2.75, 3.05) is 0 Å². The van der Waals surface area contributed by atoms with Crippen molar-refractivity contribution in [1.82, 2.24) is 0 Å². The van der Waals surface area contributed by atoms with Gasteiger partial charge in [0, 0.05) is 0 Å². The highest BCUT2D eigenvalue weighted by molar-refractivity contribution is 6.18. The minimum absolute atomic E-state index is 0.123. The van der Waals surface area contributed by atoms with Crippen LogP contribution >= 0.6 is 0 Å². The van der Waals surface area contributed by atoms with Gasteiger partial charge in [0.2, 0.25) is 0 Å². The van der Waals surface area contributed by atoms with Crippen molar-refractivity contribution in [1.29, 1.82) is 0 Å². The Morgan fingerprint density at radius 2 is 1.88 bits per heavy atom. The summed E-state index contributed by atoms with van der Waals surface area (Å²) in [4.78, 5) is 0. The summed E-state index contributed by atoms with van der Waals surface area (Å²) in [5.41, 5.74) is 2.56. The topological polar surface area (TPSA) is 9.23 Å². The third-order valence-electron chi connectivity index (χ3n) is 3.37. The van der Waals surface area contributed by atoms with Crippen molar-refractivity contribution < 1.29 is 4.74 Å². The molecule has 1 nitrogen and oxygen atoms in total. The Morgan fingerprint density at radius 3 is 2.62 bits per heavy atom. The first-order valence-electron chi connectivity index (χ1n) is 5.82. The van der Waals surface area contributed by atoms with Gasteiger partial charge >= 0.3 is 0 Å². The summed E-state index contributed by atoms with van der Waals surface area (Å²) in [5.74, 6) is 0.415. The first kappa shape index (κ1) is 10.2. The van der Waals surface area contributed by atoms with Gasteiger partial charge in [-0.1, -0.05) is 50.3 Å². The van der Waals surface area contributed by atoms with Crippen LogP contribution in [0.5, 0.6) is 0 Å². The average Bonchev–Trinajstić information content (AvgIpc) is 2.76. The average molecular weight is 210 g/mol. The molecule has 0 amide bonds. The van der Waals surface area contributed by atoms with Crippen molar-refractivity contribution in [3.63, 3.8) is 0 Å². The number of fused-ring (bicyclic) bond motifs is 5. The first-order chi connectivity index (χ1) is 7.55. The summed E-state index contributed by atoms with van der Waals surface area (Å²) in [6.07, 6.45) is 13.2. The normalized spacial score (nSPS) is 46.8. The quantitative estimate of drug-likeness (QED) is 0.441. The zero-order valence-corrected chi connectivity index (χ0v) is 9.68. The van der Waals surface area contributed by atoms with Gasteiger partial charge in [0.15, 0.2) is 0 Å². The van der Waals surface area contributed by atoms with E-state index >= 15 is 0 Å². The molecule has 0 saturated carbocycles. The third-order valence-corrected chi connectivity index (χ3v) is 3.37. The van der Waals surface area contributed by atoms with Crippen LogP contribution in [0.2, 0.25) is 5.31 Å². The molecule has 80 valence electrons. The van der Waals surface area contributed by atoms with Crippen molar-refractivity contribution in [3.05, 3.63) is 47.6 Å². The zero-order valence-electron chi connectivity index (χ0n) is 9.68. The molecular weight excluding hydrogens is 195 g/mol. The van der Waals surface area contributed by atoms with E-state index in [4.69, 9.17) is 12.6 Å². The zero-order chi connectivity index (χ0) is 11.3. The largest absolute Gasteiger partial charge is 0.357 e. The summed E-state index contributed by atoms with van der Waals surface area (Å²) in [5, 5.41) is -0.370. The molecule has 2 radical (unpaired) electrons. The third kappa shape index (κ3) is 1.52. The van der Waals surface area contributed by atoms with Crippen molar-refractivity contribution in [2.24, 2.45) is 5.92 Å². The Bertz CT molecular complexity index is 440. The van der Waals surface area contributed by atoms with Crippen LogP contribution < -0.4 is 0 Å². The molecule has 1 saturated heterocycles. The van der Waals surface area contributed by atoms with Crippen LogP contribution in [0.1, 0.15) is 13.8 Å². The molecule has 2 aliphatic heterocycles. The number of allylic oxidation sites excluding steroid dienone is 4. The lowest BCUT2D eigenvalue weighted by atomic mass is 9.67. The molecule has 2 bridgehead atoms. The summed E-state index contributed by atoms with van der Waals surface area (Å²) in [7, 11) is 6.23. The van der Waals surface area contributed by atoms with Crippen LogP contribution in [0.15, 0.2) is 47.6 Å². The lowest BCUT2D eigenvalue weighted by molar-refractivity contribution is 0.138. The Hall–Kier alpha value is -1.02. The van der Waals surface area contributed by atoms with E-state index in [9.17, 15) is 0 Å². The van der Waals surface area contributed by atoms with Crippen molar-refractivity contribution >= 4 is 7.85 Å². The van der Waals surface area contributed by atoms with Crippen LogP contribution in [0, 0.1) is 5.92 Å². The Balaban J connectivity index is 2.13. The SMILES string of the molecule is [B]C1(C)C=C2C(=CC(C)/C=C\1)C1C=CC2O1. The van der Waals surface area contributed by atoms with E-state index in [0.717, 1.165) is 0 Å². The molecule has 3 rings (SSSR count). The summed E-state index contributed by atoms with van der Waals surface area (Å²) >= 11 is 0. The van der Waals surface area contributed by atoms with E-state index in [-0.39, 0.29) is 17.5 Å². The second-order valence-corrected chi connectivity index (χ2v) is 5.17. The van der Waals surface area contributed by atoms with Crippen molar-refractivity contribution in [2.45, 2.75) is 31.4 Å². The van der Waals surface area contributed by atoms with Crippen LogP contribution in [-0.4, -0.2) is 20.1 Å². The number of hydrogen-bond donors (Lipinski definition) is 0. The van der Waals surface area contributed by atoms with Gasteiger partial charge in [-0.2, -0.15) is 0 Å². The van der Waals surface area contributed by atoms with Crippen LogP contribution in [0.3, 0.4) is 0 Å². The summed E-state index contributed by atoms with van der Waals surface area (Å²) < 4.78 is 5.84. The second kappa shape index (κ2) is 3.24. The fraction of sp³-hybridized carbons (Fsp3) is 0.429. The van der Waals surface area contributed by atoms with Gasteiger partial charge in [0.05, 0.1) is 7.85 Å². The molecule has 16 heavy (non-hydrogen) atoms. The molecule has 4 atom stereocenters. The Labute approximate surface area is 98.0 Å². The second-order valence-electron chi connectivity index (χ2n) is 5.17. The van der Waals surface area contributed by atoms with Gasteiger partial charge in [0.25, 0.3) is 0 Å². The highest BCUT2D eigenvalue weighted by Crippen LogP contribution is 2.43. The summed E-state index contributed by atoms with van der Waals surface area (Å²) in [6, 6.07) is 0. The van der Waals surface area contributed by atoms with E-state index in [0.29, 0.717) is 5.92 Å². The minimum atomic E-state index is -0.370. The predicted molar refractivity (Wildman–Crippen MR) is 66.4 cm³/mol. The maximum absolute atomic E-state index is 6.23. The number of rotatable bonds is 0. The van der Waals surface area contributed by atoms with E-state index in [1.54, 1.807) is 0 Å².